The Morgan fingerprint density at radius 3 is 1.81 bits per heavy atom. The summed E-state index contributed by atoms with van der Waals surface area (Å²) in [7, 11) is 0. The second-order valence-electron chi connectivity index (χ2n) is 11.6. The summed E-state index contributed by atoms with van der Waals surface area (Å²) < 4.78 is 0. The highest BCUT2D eigenvalue weighted by molar-refractivity contribution is 7.98. The molecular formula is C41H32S. The highest BCUT2D eigenvalue weighted by Crippen LogP contribution is 2.43. The van der Waals surface area contributed by atoms with Gasteiger partial charge in [0.1, 0.15) is 0 Å². The molecule has 0 bridgehead atoms. The molecule has 1 heteroatoms. The molecule has 0 saturated carbocycles. The van der Waals surface area contributed by atoms with Crippen LogP contribution in [0.3, 0.4) is 0 Å². The Hall–Kier alpha value is -4.33. The van der Waals surface area contributed by atoms with Crippen LogP contribution in [0.15, 0.2) is 144 Å². The van der Waals surface area contributed by atoms with Crippen LogP contribution in [0.2, 0.25) is 0 Å². The van der Waals surface area contributed by atoms with Gasteiger partial charge in [0.2, 0.25) is 0 Å². The van der Waals surface area contributed by atoms with Crippen LogP contribution < -0.4 is 0 Å². The van der Waals surface area contributed by atoms with Crippen molar-refractivity contribution in [2.45, 2.75) is 35.8 Å². The molecule has 1 aliphatic heterocycles. The van der Waals surface area contributed by atoms with Gasteiger partial charge in [-0.2, -0.15) is 0 Å². The zero-order valence-electron chi connectivity index (χ0n) is 23.6. The summed E-state index contributed by atoms with van der Waals surface area (Å²) in [4.78, 5) is 1.40. The van der Waals surface area contributed by atoms with Gasteiger partial charge in [0, 0.05) is 10.6 Å². The van der Waals surface area contributed by atoms with Gasteiger partial charge in [-0.3, -0.25) is 0 Å². The van der Waals surface area contributed by atoms with Crippen LogP contribution in [0.1, 0.15) is 39.3 Å². The van der Waals surface area contributed by atoms with Crippen LogP contribution in [0.5, 0.6) is 0 Å². The van der Waals surface area contributed by atoms with Crippen LogP contribution in [0.25, 0.3) is 33.4 Å². The second kappa shape index (κ2) is 10.8. The minimum absolute atomic E-state index is 0.340. The normalized spacial score (nSPS) is 15.1. The fourth-order valence-corrected chi connectivity index (χ4v) is 8.15. The van der Waals surface area contributed by atoms with Crippen molar-refractivity contribution in [3.05, 3.63) is 173 Å². The first-order chi connectivity index (χ1) is 20.8. The quantitative estimate of drug-likeness (QED) is 0.204. The lowest BCUT2D eigenvalue weighted by atomic mass is 9.80. The molecule has 8 rings (SSSR count). The van der Waals surface area contributed by atoms with E-state index in [2.05, 4.69) is 140 Å². The van der Waals surface area contributed by atoms with Crippen LogP contribution in [-0.4, -0.2) is 0 Å². The molecule has 2 aliphatic rings. The summed E-state index contributed by atoms with van der Waals surface area (Å²) in [6.45, 7) is 0. The molecule has 0 nitrogen and oxygen atoms in total. The summed E-state index contributed by atoms with van der Waals surface area (Å²) >= 11 is 1.96. The molecule has 6 aromatic carbocycles. The van der Waals surface area contributed by atoms with Gasteiger partial charge in [-0.1, -0.05) is 133 Å². The molecule has 1 atom stereocenters. The van der Waals surface area contributed by atoms with Crippen molar-refractivity contribution < 1.29 is 0 Å². The average molecular weight is 557 g/mol. The lowest BCUT2D eigenvalue weighted by Crippen LogP contribution is -2.10. The standard InChI is InChI=1S/C41H32S/c1-4-14-34-29(11-1)25-30-12-3-6-16-36(30)38-18-8-7-17-37(38)33(26-31-13-2-5-15-35(31)34)23-28-21-22-32-27-42-41-20-10-9-19-39(41)40(32)24-28/h1-22,24,33H,23,25-27H2. The molecule has 202 valence electrons. The third kappa shape index (κ3) is 4.59. The zero-order valence-corrected chi connectivity index (χ0v) is 24.4. The van der Waals surface area contributed by atoms with E-state index >= 15 is 0 Å². The third-order valence-electron chi connectivity index (χ3n) is 9.10. The molecule has 6 aromatic rings. The molecule has 0 aromatic heterocycles. The molecule has 0 spiro atoms. The second-order valence-corrected chi connectivity index (χ2v) is 12.6. The Morgan fingerprint density at radius 2 is 1.05 bits per heavy atom. The SMILES string of the molecule is c1ccc2c(c1)Cc1ccccc1-c1ccccc1C(Cc1ccc3c(c1)-c1ccccc1SC3)Cc1ccccc1-2. The first kappa shape index (κ1) is 25.4. The first-order valence-corrected chi connectivity index (χ1v) is 16.0. The van der Waals surface area contributed by atoms with Crippen LogP contribution >= 0.6 is 11.8 Å². The smallest absolute Gasteiger partial charge is 0.0238 e. The van der Waals surface area contributed by atoms with E-state index in [9.17, 15) is 0 Å². The summed E-state index contributed by atoms with van der Waals surface area (Å²) in [5, 5.41) is 0. The van der Waals surface area contributed by atoms with Gasteiger partial charge < -0.3 is 0 Å². The molecular weight excluding hydrogens is 525 g/mol. The molecule has 1 unspecified atom stereocenters. The van der Waals surface area contributed by atoms with Gasteiger partial charge in [0.15, 0.2) is 0 Å². The van der Waals surface area contributed by atoms with Crippen molar-refractivity contribution in [2.75, 3.05) is 0 Å². The van der Waals surface area contributed by atoms with Crippen molar-refractivity contribution in [3.8, 4) is 33.4 Å². The van der Waals surface area contributed by atoms with E-state index in [-0.39, 0.29) is 0 Å². The highest BCUT2D eigenvalue weighted by Gasteiger charge is 2.24. The molecule has 42 heavy (non-hydrogen) atoms. The van der Waals surface area contributed by atoms with Gasteiger partial charge >= 0.3 is 0 Å². The maximum atomic E-state index is 2.48. The number of benzene rings is 6. The number of fused-ring (bicyclic) bond motifs is 9. The fraction of sp³-hybridized carbons (Fsp3) is 0.122. The van der Waals surface area contributed by atoms with Crippen molar-refractivity contribution in [3.63, 3.8) is 0 Å². The van der Waals surface area contributed by atoms with Crippen LogP contribution in [0.4, 0.5) is 0 Å². The summed E-state index contributed by atoms with van der Waals surface area (Å²) in [6.07, 6.45) is 2.91. The van der Waals surface area contributed by atoms with Gasteiger partial charge in [0.25, 0.3) is 0 Å². The number of rotatable bonds is 2. The van der Waals surface area contributed by atoms with E-state index < -0.39 is 0 Å². The third-order valence-corrected chi connectivity index (χ3v) is 10.2. The van der Waals surface area contributed by atoms with E-state index in [0.29, 0.717) is 5.92 Å². The maximum absolute atomic E-state index is 2.48. The van der Waals surface area contributed by atoms with Crippen molar-refractivity contribution in [1.82, 2.24) is 0 Å². The van der Waals surface area contributed by atoms with E-state index in [1.165, 1.54) is 71.7 Å². The van der Waals surface area contributed by atoms with E-state index in [1.54, 1.807) is 0 Å². The predicted molar refractivity (Wildman–Crippen MR) is 178 cm³/mol. The van der Waals surface area contributed by atoms with Crippen LogP contribution in [0, 0.1) is 0 Å². The molecule has 0 saturated heterocycles. The maximum Gasteiger partial charge on any atom is 0.0238 e. The Balaban J connectivity index is 1.31. The Morgan fingerprint density at radius 1 is 0.476 bits per heavy atom. The minimum Gasteiger partial charge on any atom is -0.121 e. The van der Waals surface area contributed by atoms with Gasteiger partial charge in [-0.15, -0.1) is 11.8 Å². The summed E-state index contributed by atoms with van der Waals surface area (Å²) in [5.74, 6) is 1.38. The number of thioether (sulfide) groups is 1. The molecule has 0 radical (unpaired) electrons. The molecule has 1 heterocycles. The Kier molecular flexibility index (Phi) is 6.54. The zero-order chi connectivity index (χ0) is 27.9. The van der Waals surface area contributed by atoms with E-state index in [0.717, 1.165) is 25.0 Å². The lowest BCUT2D eigenvalue weighted by Gasteiger charge is -2.24. The van der Waals surface area contributed by atoms with Gasteiger partial charge in [-0.25, -0.2) is 0 Å². The topological polar surface area (TPSA) is 0 Å². The molecule has 0 N–H and O–H groups in total. The number of hydrogen-bond donors (Lipinski definition) is 0. The molecule has 0 fully saturated rings. The van der Waals surface area contributed by atoms with Gasteiger partial charge in [0.05, 0.1) is 0 Å². The number of hydrogen-bond acceptors (Lipinski definition) is 1. The largest absolute Gasteiger partial charge is 0.121 e. The fourth-order valence-electron chi connectivity index (χ4n) is 7.08. The monoisotopic (exact) mass is 556 g/mol. The Bertz CT molecular complexity index is 1930. The minimum atomic E-state index is 0.340. The van der Waals surface area contributed by atoms with Crippen molar-refractivity contribution in [2.24, 2.45) is 0 Å². The summed E-state index contributed by atoms with van der Waals surface area (Å²) in [6, 6.07) is 52.4. The van der Waals surface area contributed by atoms with E-state index in [4.69, 9.17) is 0 Å². The van der Waals surface area contributed by atoms with Crippen molar-refractivity contribution >= 4 is 11.8 Å². The highest BCUT2D eigenvalue weighted by atomic mass is 32.2. The molecule has 1 aliphatic carbocycles. The lowest BCUT2D eigenvalue weighted by molar-refractivity contribution is 0.682. The molecule has 0 amide bonds. The summed E-state index contributed by atoms with van der Waals surface area (Å²) in [5.41, 5.74) is 16.7. The predicted octanol–water partition coefficient (Wildman–Crippen LogP) is 10.8. The van der Waals surface area contributed by atoms with E-state index in [1.807, 2.05) is 11.8 Å². The van der Waals surface area contributed by atoms with Gasteiger partial charge in [-0.05, 0) is 98.0 Å². The van der Waals surface area contributed by atoms with Crippen LogP contribution in [-0.2, 0) is 25.0 Å². The Labute approximate surface area is 253 Å². The van der Waals surface area contributed by atoms with Crippen molar-refractivity contribution in [1.29, 1.82) is 0 Å². The average Bonchev–Trinajstić information content (AvgIpc) is 3.06. The first-order valence-electron chi connectivity index (χ1n) is 15.0.